The lowest BCUT2D eigenvalue weighted by atomic mass is 9.87. The Morgan fingerprint density at radius 1 is 1.00 bits per heavy atom. The average molecular weight is 497 g/mol. The molecule has 1 amide bonds. The van der Waals surface area contributed by atoms with Gasteiger partial charge >= 0.3 is 0 Å². The fraction of sp³-hybridized carbons (Fsp3) is 0.258. The molecule has 184 valence electrons. The van der Waals surface area contributed by atoms with Gasteiger partial charge in [-0.15, -0.1) is 11.8 Å². The highest BCUT2D eigenvalue weighted by molar-refractivity contribution is 7.98. The molecule has 0 saturated heterocycles. The fourth-order valence-electron chi connectivity index (χ4n) is 5.11. The molecule has 0 saturated carbocycles. The van der Waals surface area contributed by atoms with E-state index in [-0.39, 0.29) is 11.9 Å². The summed E-state index contributed by atoms with van der Waals surface area (Å²) in [5.74, 6) is 0.940. The predicted molar refractivity (Wildman–Crippen MR) is 148 cm³/mol. The van der Waals surface area contributed by atoms with Crippen LogP contribution < -0.4 is 10.1 Å². The lowest BCUT2D eigenvalue weighted by molar-refractivity contribution is -0.121. The Morgan fingerprint density at radius 3 is 2.53 bits per heavy atom. The maximum absolute atomic E-state index is 13.0. The van der Waals surface area contributed by atoms with Crippen molar-refractivity contribution in [1.82, 2.24) is 9.88 Å². The summed E-state index contributed by atoms with van der Waals surface area (Å²) in [6.45, 7) is 0. The van der Waals surface area contributed by atoms with Gasteiger partial charge in [0.25, 0.3) is 0 Å². The molecular formula is C31H32N2O2S. The van der Waals surface area contributed by atoms with E-state index in [9.17, 15) is 4.79 Å². The van der Waals surface area contributed by atoms with Crippen molar-refractivity contribution in [2.45, 2.75) is 43.0 Å². The standard InChI is InChI=1S/C31H32N2O2S/c1-35-26-16-10-23(11-17-26)30-20-14-25(33(30)24-12-18-27(36-2)19-13-24)15-21-31(34)32-29-9-5-7-22-6-3-4-8-28(22)29/h3-4,6,8,10-14,16-20,29H,5,7,9,15,21H2,1-2H3,(H,32,34). The van der Waals surface area contributed by atoms with Crippen LogP contribution in [0, 0.1) is 0 Å². The highest BCUT2D eigenvalue weighted by Gasteiger charge is 2.21. The van der Waals surface area contributed by atoms with Gasteiger partial charge in [0.1, 0.15) is 5.75 Å². The molecule has 4 nitrogen and oxygen atoms in total. The molecule has 0 radical (unpaired) electrons. The van der Waals surface area contributed by atoms with Crippen LogP contribution in [0.15, 0.2) is 89.8 Å². The number of hydrogen-bond acceptors (Lipinski definition) is 3. The molecule has 1 unspecified atom stereocenters. The molecule has 1 aliphatic carbocycles. The van der Waals surface area contributed by atoms with Crippen molar-refractivity contribution < 1.29 is 9.53 Å². The molecule has 4 aromatic rings. The number of hydrogen-bond donors (Lipinski definition) is 1. The topological polar surface area (TPSA) is 43.3 Å². The third-order valence-electron chi connectivity index (χ3n) is 6.99. The van der Waals surface area contributed by atoms with Gasteiger partial charge in [-0.25, -0.2) is 0 Å². The summed E-state index contributed by atoms with van der Waals surface area (Å²) in [5.41, 5.74) is 7.07. The Morgan fingerprint density at radius 2 is 1.78 bits per heavy atom. The lowest BCUT2D eigenvalue weighted by Crippen LogP contribution is -2.31. The van der Waals surface area contributed by atoms with Crippen molar-refractivity contribution in [3.63, 3.8) is 0 Å². The minimum atomic E-state index is 0.105. The van der Waals surface area contributed by atoms with Gasteiger partial charge in [0.15, 0.2) is 0 Å². The van der Waals surface area contributed by atoms with Gasteiger partial charge in [0.05, 0.1) is 18.8 Å². The molecule has 1 heterocycles. The van der Waals surface area contributed by atoms with Crippen LogP contribution in [-0.2, 0) is 17.6 Å². The van der Waals surface area contributed by atoms with Crippen LogP contribution in [0.1, 0.15) is 42.1 Å². The Kier molecular flexibility index (Phi) is 7.47. The minimum absolute atomic E-state index is 0.105. The van der Waals surface area contributed by atoms with Gasteiger partial charge in [-0.05, 0) is 109 Å². The van der Waals surface area contributed by atoms with E-state index in [0.29, 0.717) is 12.8 Å². The number of benzene rings is 3. The second-order valence-corrected chi connectivity index (χ2v) is 10.1. The number of fused-ring (bicyclic) bond motifs is 1. The monoisotopic (exact) mass is 496 g/mol. The maximum atomic E-state index is 13.0. The number of aromatic nitrogens is 1. The summed E-state index contributed by atoms with van der Waals surface area (Å²) < 4.78 is 7.62. The molecule has 36 heavy (non-hydrogen) atoms. The molecule has 0 spiro atoms. The SMILES string of the molecule is COc1ccc(-c2ccc(CCC(=O)NC3CCCc4ccccc43)n2-c2ccc(SC)cc2)cc1. The largest absolute Gasteiger partial charge is 0.497 e. The van der Waals surface area contributed by atoms with Crippen molar-refractivity contribution >= 4 is 17.7 Å². The van der Waals surface area contributed by atoms with Gasteiger partial charge in [-0.3, -0.25) is 4.79 Å². The lowest BCUT2D eigenvalue weighted by Gasteiger charge is -2.26. The Bertz CT molecular complexity index is 1330. The highest BCUT2D eigenvalue weighted by Crippen LogP contribution is 2.31. The highest BCUT2D eigenvalue weighted by atomic mass is 32.2. The van der Waals surface area contributed by atoms with Gasteiger partial charge in [-0.2, -0.15) is 0 Å². The number of thioether (sulfide) groups is 1. The molecule has 0 aliphatic heterocycles. The quantitative estimate of drug-likeness (QED) is 0.267. The summed E-state index contributed by atoms with van der Waals surface area (Å²) in [5, 5.41) is 3.31. The van der Waals surface area contributed by atoms with E-state index in [1.807, 2.05) is 12.1 Å². The van der Waals surface area contributed by atoms with Gasteiger partial charge < -0.3 is 14.6 Å². The summed E-state index contributed by atoms with van der Waals surface area (Å²) >= 11 is 1.73. The number of nitrogens with one attached hydrogen (secondary N) is 1. The van der Waals surface area contributed by atoms with Crippen molar-refractivity contribution in [1.29, 1.82) is 0 Å². The summed E-state index contributed by atoms with van der Waals surface area (Å²) in [6, 6.07) is 29.6. The van der Waals surface area contributed by atoms with Gasteiger partial charge in [0, 0.05) is 22.7 Å². The van der Waals surface area contributed by atoms with E-state index in [1.165, 1.54) is 16.0 Å². The van der Waals surface area contributed by atoms with E-state index in [0.717, 1.165) is 47.7 Å². The van der Waals surface area contributed by atoms with E-state index in [2.05, 4.69) is 88.9 Å². The number of rotatable bonds is 8. The molecule has 1 atom stereocenters. The first-order valence-corrected chi connectivity index (χ1v) is 13.8. The molecule has 0 bridgehead atoms. The summed E-state index contributed by atoms with van der Waals surface area (Å²) in [6.07, 6.45) is 6.42. The number of carbonyl (C=O) groups excluding carboxylic acids is 1. The summed E-state index contributed by atoms with van der Waals surface area (Å²) in [4.78, 5) is 14.3. The van der Waals surface area contributed by atoms with Crippen LogP contribution in [0.2, 0.25) is 0 Å². The number of ether oxygens (including phenoxy) is 1. The van der Waals surface area contributed by atoms with E-state index < -0.39 is 0 Å². The van der Waals surface area contributed by atoms with E-state index in [4.69, 9.17) is 4.74 Å². The zero-order valence-electron chi connectivity index (χ0n) is 20.9. The van der Waals surface area contributed by atoms with Crippen LogP contribution in [0.3, 0.4) is 0 Å². The Balaban J connectivity index is 1.38. The number of aryl methyl sites for hydroxylation is 2. The first-order chi connectivity index (χ1) is 17.7. The van der Waals surface area contributed by atoms with E-state index in [1.54, 1.807) is 18.9 Å². The normalized spacial score (nSPS) is 14.8. The molecule has 1 N–H and O–H groups in total. The molecule has 5 heteroatoms. The molecule has 1 aliphatic rings. The molecular weight excluding hydrogens is 464 g/mol. The third-order valence-corrected chi connectivity index (χ3v) is 7.73. The van der Waals surface area contributed by atoms with E-state index >= 15 is 0 Å². The smallest absolute Gasteiger partial charge is 0.220 e. The number of methoxy groups -OCH3 is 1. The molecule has 3 aromatic carbocycles. The third kappa shape index (κ3) is 5.21. The second-order valence-electron chi connectivity index (χ2n) is 9.18. The number of carbonyl (C=O) groups is 1. The van der Waals surface area contributed by atoms with Crippen molar-refractivity contribution in [2.75, 3.05) is 13.4 Å². The van der Waals surface area contributed by atoms with Gasteiger partial charge in [0.2, 0.25) is 5.91 Å². The van der Waals surface area contributed by atoms with Crippen LogP contribution in [0.5, 0.6) is 5.75 Å². The van der Waals surface area contributed by atoms with Gasteiger partial charge in [-0.1, -0.05) is 24.3 Å². The summed E-state index contributed by atoms with van der Waals surface area (Å²) in [7, 11) is 1.68. The fourth-order valence-corrected chi connectivity index (χ4v) is 5.52. The molecule has 5 rings (SSSR count). The number of amides is 1. The second kappa shape index (κ2) is 11.1. The van der Waals surface area contributed by atoms with Crippen LogP contribution in [-0.4, -0.2) is 23.8 Å². The molecule has 0 fully saturated rings. The zero-order valence-corrected chi connectivity index (χ0v) is 21.7. The van der Waals surface area contributed by atoms with Crippen LogP contribution >= 0.6 is 11.8 Å². The number of nitrogens with zero attached hydrogens (tertiary/aromatic N) is 1. The first kappa shape index (κ1) is 24.3. The van der Waals surface area contributed by atoms with Crippen molar-refractivity contribution in [3.8, 4) is 22.7 Å². The van der Waals surface area contributed by atoms with Crippen LogP contribution in [0.25, 0.3) is 16.9 Å². The Hall–Kier alpha value is -3.44. The zero-order chi connectivity index (χ0) is 24.9. The van der Waals surface area contributed by atoms with Crippen molar-refractivity contribution in [2.24, 2.45) is 0 Å². The van der Waals surface area contributed by atoms with Crippen LogP contribution in [0.4, 0.5) is 0 Å². The first-order valence-electron chi connectivity index (χ1n) is 12.5. The maximum Gasteiger partial charge on any atom is 0.220 e. The molecule has 1 aromatic heterocycles. The van der Waals surface area contributed by atoms with Crippen molar-refractivity contribution in [3.05, 3.63) is 102 Å². The Labute approximate surface area is 217 Å². The minimum Gasteiger partial charge on any atom is -0.497 e. The average Bonchev–Trinajstić information content (AvgIpc) is 3.36. The predicted octanol–water partition coefficient (Wildman–Crippen LogP) is 7.00.